The summed E-state index contributed by atoms with van der Waals surface area (Å²) in [5.74, 6) is -1.99. The van der Waals surface area contributed by atoms with Gasteiger partial charge in [0, 0.05) is 28.4 Å². The molecule has 1 aliphatic heterocycles. The van der Waals surface area contributed by atoms with Gasteiger partial charge in [-0.3, -0.25) is 0 Å². The number of imide groups is 1. The minimum absolute atomic E-state index is 0.0768. The number of nitrogens with two attached hydrogens (primary N) is 1. The van der Waals surface area contributed by atoms with E-state index in [2.05, 4.69) is 4.98 Å². The maximum atomic E-state index is 14.0. The number of carbonyl (C=O) groups excluding carboxylic acids is 2. The lowest BCUT2D eigenvalue weighted by molar-refractivity contribution is -0.123. The summed E-state index contributed by atoms with van der Waals surface area (Å²) in [6, 6.07) is 13.3. The molecule has 3 amide bonds. The number of hydrogen-bond acceptors (Lipinski definition) is 6. The molecule has 2 heterocycles. The van der Waals surface area contributed by atoms with Gasteiger partial charge in [-0.1, -0.05) is 35.9 Å². The van der Waals surface area contributed by atoms with Crippen molar-refractivity contribution in [3.8, 4) is 5.88 Å². The molecule has 0 radical (unpaired) electrons. The van der Waals surface area contributed by atoms with E-state index in [0.29, 0.717) is 5.56 Å². The molecule has 0 fully saturated rings. The number of amides is 3. The summed E-state index contributed by atoms with van der Waals surface area (Å²) in [4.78, 5) is 30.8. The van der Waals surface area contributed by atoms with Gasteiger partial charge < -0.3 is 10.5 Å². The molecule has 3 aromatic rings. The van der Waals surface area contributed by atoms with Gasteiger partial charge in [-0.05, 0) is 41.1 Å². The Balaban J connectivity index is 2.07. The SMILES string of the molecule is CCOc1ncccc1C1C(=O)[N+](C(N)=O)(S(=O)(=O)c2ccccc2)c2ccc(Cl)cc21. The zero-order valence-electron chi connectivity index (χ0n) is 16.9. The van der Waals surface area contributed by atoms with Crippen LogP contribution < -0.4 is 14.4 Å². The van der Waals surface area contributed by atoms with Crippen molar-refractivity contribution in [2.24, 2.45) is 5.73 Å². The highest BCUT2D eigenvalue weighted by molar-refractivity contribution is 7.92. The van der Waals surface area contributed by atoms with Gasteiger partial charge >= 0.3 is 22.0 Å². The largest absolute Gasteiger partial charge is 0.478 e. The minimum atomic E-state index is -4.63. The maximum absolute atomic E-state index is 14.0. The first kappa shape index (κ1) is 21.9. The zero-order valence-corrected chi connectivity index (χ0v) is 18.5. The number of rotatable bonds is 5. The van der Waals surface area contributed by atoms with Crippen molar-refractivity contribution >= 4 is 39.2 Å². The number of aromatic nitrogens is 1. The standard InChI is InChI=1S/C22H18ClN3O5S/c1-2-31-20-16(9-6-12-25-20)19-17-13-14(23)10-11-18(17)26(21(19)27,22(24)28)32(29,30)15-7-4-3-5-8-15/h3-13,19H,2H2,1H3,(H-,24,28)/p+1. The topological polar surface area (TPSA) is 116 Å². The number of carbonyl (C=O) groups is 2. The van der Waals surface area contributed by atoms with Crippen LogP contribution in [0.15, 0.2) is 71.8 Å². The van der Waals surface area contributed by atoms with Crippen molar-refractivity contribution in [3.05, 3.63) is 83.0 Å². The third-order valence-corrected chi connectivity index (χ3v) is 7.68. The van der Waals surface area contributed by atoms with Gasteiger partial charge in [0.2, 0.25) is 5.88 Å². The third kappa shape index (κ3) is 3.01. The van der Waals surface area contributed by atoms with Gasteiger partial charge in [-0.25, -0.2) is 14.6 Å². The lowest BCUT2D eigenvalue weighted by Gasteiger charge is -2.26. The van der Waals surface area contributed by atoms with E-state index in [4.69, 9.17) is 22.1 Å². The molecule has 0 spiro atoms. The summed E-state index contributed by atoms with van der Waals surface area (Å²) in [7, 11) is -4.63. The average Bonchev–Trinajstić information content (AvgIpc) is 3.03. The molecule has 2 atom stereocenters. The quantitative estimate of drug-likeness (QED) is 0.567. The molecule has 2 unspecified atom stereocenters. The summed E-state index contributed by atoms with van der Waals surface area (Å²) in [5.41, 5.74) is 6.17. The Morgan fingerprint density at radius 2 is 1.84 bits per heavy atom. The van der Waals surface area contributed by atoms with Crippen molar-refractivity contribution in [1.29, 1.82) is 0 Å². The Labute approximate surface area is 189 Å². The molecular weight excluding hydrogens is 454 g/mol. The fraction of sp³-hybridized carbons (Fsp3) is 0.136. The van der Waals surface area contributed by atoms with Crippen LogP contribution in [-0.2, 0) is 14.8 Å². The van der Waals surface area contributed by atoms with Crippen molar-refractivity contribution in [2.45, 2.75) is 17.7 Å². The van der Waals surface area contributed by atoms with E-state index in [0.717, 1.165) is 0 Å². The van der Waals surface area contributed by atoms with E-state index in [1.807, 2.05) is 0 Å². The second-order valence-corrected chi connectivity index (χ2v) is 9.45. The molecule has 2 aromatic carbocycles. The van der Waals surface area contributed by atoms with Crippen LogP contribution in [0, 0.1) is 0 Å². The first-order valence-corrected chi connectivity index (χ1v) is 11.5. The van der Waals surface area contributed by atoms with E-state index in [-0.39, 0.29) is 33.7 Å². The van der Waals surface area contributed by atoms with E-state index >= 15 is 0 Å². The lowest BCUT2D eigenvalue weighted by atomic mass is 9.93. The molecule has 1 aromatic heterocycles. The Morgan fingerprint density at radius 1 is 1.12 bits per heavy atom. The smallest absolute Gasteiger partial charge is 0.442 e. The number of nitrogens with zero attached hydrogens (tertiary/aromatic N) is 2. The third-order valence-electron chi connectivity index (χ3n) is 5.30. The Kier molecular flexibility index (Phi) is 5.49. The maximum Gasteiger partial charge on any atom is 0.442 e. The number of fused-ring (bicyclic) bond motifs is 1. The highest BCUT2D eigenvalue weighted by Gasteiger charge is 2.67. The second-order valence-electron chi connectivity index (χ2n) is 7.04. The number of pyridine rings is 1. The predicted octanol–water partition coefficient (Wildman–Crippen LogP) is 3.58. The molecular formula is C22H19ClN3O5S+. The van der Waals surface area contributed by atoms with Crippen molar-refractivity contribution in [2.75, 3.05) is 6.61 Å². The Morgan fingerprint density at radius 3 is 2.50 bits per heavy atom. The van der Waals surface area contributed by atoms with E-state index < -0.39 is 31.8 Å². The number of primary amides is 1. The molecule has 0 saturated heterocycles. The molecule has 0 aliphatic carbocycles. The number of sulfonamides is 1. The summed E-state index contributed by atoms with van der Waals surface area (Å²) >= 11 is 6.20. The van der Waals surface area contributed by atoms with Crippen LogP contribution in [0.25, 0.3) is 0 Å². The molecule has 0 bridgehead atoms. The fourth-order valence-electron chi connectivity index (χ4n) is 4.00. The number of benzene rings is 2. The number of urea groups is 1. The van der Waals surface area contributed by atoms with E-state index in [1.165, 1.54) is 48.7 Å². The van der Waals surface area contributed by atoms with Crippen molar-refractivity contribution < 1.29 is 22.7 Å². The number of hydrogen-bond donors (Lipinski definition) is 1. The van der Waals surface area contributed by atoms with Gasteiger partial charge in [0.05, 0.1) is 6.61 Å². The Bertz CT molecular complexity index is 1330. The number of quaternary nitrogens is 1. The van der Waals surface area contributed by atoms with Gasteiger partial charge in [-0.15, -0.1) is 0 Å². The molecule has 1 aliphatic rings. The Hall–Kier alpha value is -3.27. The molecule has 0 saturated carbocycles. The normalized spacial score (nSPS) is 20.1. The van der Waals surface area contributed by atoms with Gasteiger partial charge in [0.15, 0.2) is 5.69 Å². The van der Waals surface area contributed by atoms with Gasteiger partial charge in [-0.2, -0.15) is 8.42 Å². The molecule has 2 N–H and O–H groups in total. The highest BCUT2D eigenvalue weighted by atomic mass is 35.5. The number of halogens is 1. The fourth-order valence-corrected chi connectivity index (χ4v) is 6.00. The number of ether oxygens (including phenoxy) is 1. The monoisotopic (exact) mass is 472 g/mol. The van der Waals surface area contributed by atoms with Crippen molar-refractivity contribution in [3.63, 3.8) is 0 Å². The van der Waals surface area contributed by atoms with E-state index in [1.54, 1.807) is 25.1 Å². The predicted molar refractivity (Wildman–Crippen MR) is 119 cm³/mol. The molecule has 32 heavy (non-hydrogen) atoms. The first-order valence-electron chi connectivity index (χ1n) is 9.68. The summed E-state index contributed by atoms with van der Waals surface area (Å²) in [6.45, 7) is 2.02. The second kappa shape index (κ2) is 8.01. The van der Waals surface area contributed by atoms with Crippen molar-refractivity contribution in [1.82, 2.24) is 8.87 Å². The molecule has 164 valence electrons. The average molecular weight is 473 g/mol. The van der Waals surface area contributed by atoms with Gasteiger partial charge in [0.25, 0.3) is 0 Å². The first-order chi connectivity index (χ1) is 15.3. The van der Waals surface area contributed by atoms with Crippen LogP contribution in [0.4, 0.5) is 10.5 Å². The van der Waals surface area contributed by atoms with Crippen LogP contribution >= 0.6 is 11.6 Å². The summed E-state index contributed by atoms with van der Waals surface area (Å²) in [6.07, 6.45) is 1.49. The van der Waals surface area contributed by atoms with E-state index in [9.17, 15) is 18.0 Å². The highest BCUT2D eigenvalue weighted by Crippen LogP contribution is 2.51. The summed E-state index contributed by atoms with van der Waals surface area (Å²) < 4.78 is 31.5. The zero-order chi connectivity index (χ0) is 23.1. The molecule has 4 rings (SSSR count). The van der Waals surface area contributed by atoms with Crippen LogP contribution in [0.3, 0.4) is 0 Å². The molecule has 8 nitrogen and oxygen atoms in total. The minimum Gasteiger partial charge on any atom is -0.478 e. The van der Waals surface area contributed by atoms with Crippen LogP contribution in [0.5, 0.6) is 5.88 Å². The lowest BCUT2D eigenvalue weighted by Crippen LogP contribution is -2.63. The van der Waals surface area contributed by atoms with Crippen LogP contribution in [0.2, 0.25) is 5.02 Å². The van der Waals surface area contributed by atoms with Crippen LogP contribution in [-0.4, -0.2) is 31.9 Å². The summed E-state index contributed by atoms with van der Waals surface area (Å²) in [5, 5.41) is 0.268. The van der Waals surface area contributed by atoms with Gasteiger partial charge in [0.1, 0.15) is 10.8 Å². The molecule has 10 heteroatoms. The van der Waals surface area contributed by atoms with Crippen LogP contribution in [0.1, 0.15) is 24.0 Å².